The minimum Gasteiger partial charge on any atom is -0.308 e. The first-order chi connectivity index (χ1) is 19.0. The zero-order valence-electron chi connectivity index (χ0n) is 21.6. The molecule has 1 unspecified atom stereocenters. The van der Waals surface area contributed by atoms with E-state index < -0.39 is 56.9 Å². The van der Waals surface area contributed by atoms with Crippen molar-refractivity contribution in [1.29, 1.82) is 0 Å². The summed E-state index contributed by atoms with van der Waals surface area (Å²) in [4.78, 5) is 17.3. The van der Waals surface area contributed by atoms with E-state index in [0.29, 0.717) is 11.1 Å². The molecule has 8 nitrogen and oxygen atoms in total. The summed E-state index contributed by atoms with van der Waals surface area (Å²) in [7, 11) is -5.86. The Labute approximate surface area is 234 Å². The quantitative estimate of drug-likeness (QED) is 0.439. The second-order valence-electron chi connectivity index (χ2n) is 9.78. The molecule has 0 bridgehead atoms. The van der Waals surface area contributed by atoms with Crippen molar-refractivity contribution in [3.05, 3.63) is 64.7 Å². The number of amidine groups is 1. The van der Waals surface area contributed by atoms with Gasteiger partial charge in [0.2, 0.25) is 10.0 Å². The van der Waals surface area contributed by atoms with Crippen LogP contribution in [0.1, 0.15) is 35.1 Å². The van der Waals surface area contributed by atoms with E-state index in [1.54, 1.807) is 6.92 Å². The Bertz CT molecular complexity index is 1480. The fourth-order valence-electron chi connectivity index (χ4n) is 4.63. The van der Waals surface area contributed by atoms with Gasteiger partial charge in [0.15, 0.2) is 0 Å². The standard InChI is InChI=1S/C25H26F6N4O4S2/c1-16-13-20(40(37)32-15-24(26,27)28)6-5-17(16)7-12-41(38,39)35-10-8-23(9-11-35)22(36)33-21(34-23)18-3-2-4-19(14-18)25(29,30)31/h2-6,13-14,32H,7-12,15H2,1H3,(H,33,34,36). The first-order valence-electron chi connectivity index (χ1n) is 12.4. The summed E-state index contributed by atoms with van der Waals surface area (Å²) in [6.45, 7) is 0.179. The average Bonchev–Trinajstić information content (AvgIpc) is 3.21. The number of aryl methyl sites for hydroxylation is 2. The molecule has 16 heteroatoms. The fraction of sp³-hybridized carbons (Fsp3) is 0.440. The SMILES string of the molecule is Cc1cc(S(=O)NCC(F)(F)F)ccc1CCS(=O)(=O)N1CCC2(CC1)N=C(c1cccc(C(F)(F)F)c1)NC2=O. The third kappa shape index (κ3) is 7.34. The maximum absolute atomic E-state index is 13.1. The van der Waals surface area contributed by atoms with Crippen molar-refractivity contribution in [2.45, 2.75) is 49.0 Å². The Hall–Kier alpha value is -2.82. The lowest BCUT2D eigenvalue weighted by molar-refractivity contribution is -0.137. The van der Waals surface area contributed by atoms with Crippen LogP contribution in [0.5, 0.6) is 0 Å². The van der Waals surface area contributed by atoms with Crippen LogP contribution in [-0.4, -0.2) is 65.8 Å². The minimum atomic E-state index is -4.57. The van der Waals surface area contributed by atoms with Crippen molar-refractivity contribution in [2.24, 2.45) is 4.99 Å². The lowest BCUT2D eigenvalue weighted by Crippen LogP contribution is -2.50. The van der Waals surface area contributed by atoms with Crippen molar-refractivity contribution in [3.63, 3.8) is 0 Å². The van der Waals surface area contributed by atoms with E-state index in [2.05, 4.69) is 10.3 Å². The van der Waals surface area contributed by atoms with Gasteiger partial charge in [-0.2, -0.15) is 26.3 Å². The highest BCUT2D eigenvalue weighted by atomic mass is 32.2. The number of aliphatic imine (C=N–C) groups is 1. The summed E-state index contributed by atoms with van der Waals surface area (Å²) < 4.78 is 118. The molecular formula is C25H26F6N4O4S2. The van der Waals surface area contributed by atoms with E-state index in [1.165, 1.54) is 34.6 Å². The first kappa shape index (κ1) is 31.1. The van der Waals surface area contributed by atoms with Crippen LogP contribution in [0.4, 0.5) is 26.3 Å². The molecule has 41 heavy (non-hydrogen) atoms. The molecule has 0 saturated carbocycles. The maximum atomic E-state index is 13.1. The van der Waals surface area contributed by atoms with E-state index in [-0.39, 0.29) is 54.4 Å². The second kappa shape index (κ2) is 11.5. The normalized spacial score (nSPS) is 18.8. The van der Waals surface area contributed by atoms with Crippen LogP contribution < -0.4 is 10.0 Å². The van der Waals surface area contributed by atoms with Gasteiger partial charge in [0.05, 0.1) is 16.2 Å². The molecule has 2 aromatic rings. The molecule has 1 spiro atoms. The number of halogens is 6. The van der Waals surface area contributed by atoms with E-state index in [4.69, 9.17) is 0 Å². The highest BCUT2D eigenvalue weighted by molar-refractivity contribution is 7.89. The van der Waals surface area contributed by atoms with Crippen LogP contribution in [0, 0.1) is 6.92 Å². The zero-order valence-corrected chi connectivity index (χ0v) is 23.2. The zero-order chi connectivity index (χ0) is 30.2. The number of nitrogens with one attached hydrogen (secondary N) is 2. The number of nitrogens with zero attached hydrogens (tertiary/aromatic N) is 2. The molecule has 2 aromatic carbocycles. The fourth-order valence-corrected chi connectivity index (χ4v) is 7.04. The lowest BCUT2D eigenvalue weighted by atomic mass is 9.89. The van der Waals surface area contributed by atoms with E-state index in [1.807, 2.05) is 4.72 Å². The number of alkyl halides is 6. The Morgan fingerprint density at radius 1 is 1.07 bits per heavy atom. The van der Waals surface area contributed by atoms with Gasteiger partial charge in [0.1, 0.15) is 28.9 Å². The number of benzene rings is 2. The molecule has 0 aliphatic carbocycles. The van der Waals surface area contributed by atoms with Crippen molar-refractivity contribution in [2.75, 3.05) is 25.4 Å². The molecular weight excluding hydrogens is 598 g/mol. The molecule has 1 amide bonds. The number of carbonyl (C=O) groups is 1. The molecule has 2 N–H and O–H groups in total. The van der Waals surface area contributed by atoms with Crippen LogP contribution in [0.2, 0.25) is 0 Å². The molecule has 0 aromatic heterocycles. The summed E-state index contributed by atoms with van der Waals surface area (Å²) in [5, 5.41) is 2.54. The summed E-state index contributed by atoms with van der Waals surface area (Å²) in [5.41, 5.74) is -0.884. The number of piperidine rings is 1. The summed E-state index contributed by atoms with van der Waals surface area (Å²) in [6.07, 6.45) is -8.90. The van der Waals surface area contributed by atoms with Crippen LogP contribution in [0.25, 0.3) is 0 Å². The third-order valence-electron chi connectivity index (χ3n) is 6.95. The van der Waals surface area contributed by atoms with Crippen LogP contribution in [0.3, 0.4) is 0 Å². The number of hydrogen-bond acceptors (Lipinski definition) is 5. The van der Waals surface area contributed by atoms with E-state index in [9.17, 15) is 43.8 Å². The molecule has 4 rings (SSSR count). The predicted octanol–water partition coefficient (Wildman–Crippen LogP) is 3.47. The molecule has 1 fully saturated rings. The minimum absolute atomic E-state index is 0.00543. The molecule has 1 saturated heterocycles. The number of sulfonamides is 1. The van der Waals surface area contributed by atoms with Gasteiger partial charge in [0.25, 0.3) is 5.91 Å². The van der Waals surface area contributed by atoms with Crippen LogP contribution in [0.15, 0.2) is 52.4 Å². The molecule has 2 aliphatic heterocycles. The van der Waals surface area contributed by atoms with Crippen molar-refractivity contribution in [3.8, 4) is 0 Å². The maximum Gasteiger partial charge on any atom is 0.416 e. The van der Waals surface area contributed by atoms with Gasteiger partial charge in [-0.15, -0.1) is 0 Å². The van der Waals surface area contributed by atoms with Crippen LogP contribution >= 0.6 is 0 Å². The number of hydrogen-bond donors (Lipinski definition) is 2. The number of rotatable bonds is 8. The van der Waals surface area contributed by atoms with Crippen LogP contribution in [-0.2, 0) is 38.4 Å². The molecule has 0 radical (unpaired) electrons. The highest BCUT2D eigenvalue weighted by Gasteiger charge is 2.47. The van der Waals surface area contributed by atoms with Crippen molar-refractivity contribution in [1.82, 2.24) is 14.3 Å². The van der Waals surface area contributed by atoms with Crippen molar-refractivity contribution < 1.29 is 43.8 Å². The smallest absolute Gasteiger partial charge is 0.308 e. The Kier molecular flexibility index (Phi) is 8.70. The predicted molar refractivity (Wildman–Crippen MR) is 139 cm³/mol. The molecule has 2 heterocycles. The van der Waals surface area contributed by atoms with Gasteiger partial charge in [-0.1, -0.05) is 18.2 Å². The van der Waals surface area contributed by atoms with Gasteiger partial charge in [-0.25, -0.2) is 21.7 Å². The Morgan fingerprint density at radius 3 is 2.37 bits per heavy atom. The molecule has 224 valence electrons. The summed E-state index contributed by atoms with van der Waals surface area (Å²) in [6, 6.07) is 8.74. The average molecular weight is 625 g/mol. The summed E-state index contributed by atoms with van der Waals surface area (Å²) >= 11 is 0. The second-order valence-corrected chi connectivity index (χ2v) is 13.2. The number of amides is 1. The Balaban J connectivity index is 1.38. The van der Waals surface area contributed by atoms with Gasteiger partial charge in [0, 0.05) is 18.7 Å². The summed E-state index contributed by atoms with van der Waals surface area (Å²) in [5.74, 6) is -0.772. The molecule has 1 atom stereocenters. The largest absolute Gasteiger partial charge is 0.416 e. The third-order valence-corrected chi connectivity index (χ3v) is 9.91. The molecule has 2 aliphatic rings. The van der Waals surface area contributed by atoms with Crippen molar-refractivity contribution >= 4 is 32.8 Å². The van der Waals surface area contributed by atoms with E-state index >= 15 is 0 Å². The lowest BCUT2D eigenvalue weighted by Gasteiger charge is -2.34. The monoisotopic (exact) mass is 624 g/mol. The number of carbonyl (C=O) groups excluding carboxylic acids is 1. The van der Waals surface area contributed by atoms with Gasteiger partial charge >= 0.3 is 12.4 Å². The van der Waals surface area contributed by atoms with Gasteiger partial charge in [-0.05, 0) is 61.6 Å². The van der Waals surface area contributed by atoms with E-state index in [0.717, 1.165) is 12.1 Å². The van der Waals surface area contributed by atoms with Gasteiger partial charge < -0.3 is 5.32 Å². The first-order valence-corrected chi connectivity index (χ1v) is 15.1. The topological polar surface area (TPSA) is 108 Å². The Morgan fingerprint density at radius 2 is 1.76 bits per heavy atom. The highest BCUT2D eigenvalue weighted by Crippen LogP contribution is 2.34. The van der Waals surface area contributed by atoms with Gasteiger partial charge in [-0.3, -0.25) is 9.79 Å².